The van der Waals surface area contributed by atoms with Gasteiger partial charge in [-0.3, -0.25) is 9.48 Å². The molecule has 1 aromatic carbocycles. The lowest BCUT2D eigenvalue weighted by Gasteiger charge is -2.11. The maximum atomic E-state index is 13.3. The van der Waals surface area contributed by atoms with Crippen LogP contribution in [0.15, 0.2) is 48.7 Å². The van der Waals surface area contributed by atoms with Gasteiger partial charge in [-0.1, -0.05) is 12.1 Å². The van der Waals surface area contributed by atoms with Crippen molar-refractivity contribution in [1.82, 2.24) is 20.1 Å². The number of halogens is 1. The van der Waals surface area contributed by atoms with Gasteiger partial charge in [0.15, 0.2) is 0 Å². The van der Waals surface area contributed by atoms with E-state index in [4.69, 9.17) is 4.74 Å². The van der Waals surface area contributed by atoms with Crippen LogP contribution in [-0.4, -0.2) is 20.7 Å². The number of hydrogen-bond acceptors (Lipinski definition) is 4. The third-order valence-electron chi connectivity index (χ3n) is 3.73. The Labute approximate surface area is 150 Å². The van der Waals surface area contributed by atoms with Crippen LogP contribution in [0.5, 0.6) is 11.6 Å². The molecule has 2 heterocycles. The van der Waals surface area contributed by atoms with Gasteiger partial charge in [0.25, 0.3) is 0 Å². The van der Waals surface area contributed by atoms with Crippen molar-refractivity contribution in [2.45, 2.75) is 26.9 Å². The maximum absolute atomic E-state index is 13.3. The summed E-state index contributed by atoms with van der Waals surface area (Å²) >= 11 is 0. The molecule has 0 radical (unpaired) electrons. The first kappa shape index (κ1) is 17.6. The van der Waals surface area contributed by atoms with Crippen LogP contribution in [0.25, 0.3) is 0 Å². The highest BCUT2D eigenvalue weighted by atomic mass is 19.1. The van der Waals surface area contributed by atoms with Gasteiger partial charge in [0.05, 0.1) is 5.69 Å². The predicted octanol–water partition coefficient (Wildman–Crippen LogP) is 3.14. The number of amides is 1. The van der Waals surface area contributed by atoms with Gasteiger partial charge < -0.3 is 10.1 Å². The van der Waals surface area contributed by atoms with Gasteiger partial charge in [0, 0.05) is 30.1 Å². The van der Waals surface area contributed by atoms with E-state index in [-0.39, 0.29) is 19.0 Å². The molecule has 0 saturated carbocycles. The molecule has 0 aliphatic heterocycles. The number of rotatable bonds is 6. The molecule has 26 heavy (non-hydrogen) atoms. The van der Waals surface area contributed by atoms with Gasteiger partial charge >= 0.3 is 0 Å². The standard InChI is InChI=1S/C19H19FN4O2/c1-13-9-14(2)24(23-13)12-18(25)22-11-15-5-4-8-21-19(15)26-17-7-3-6-16(20)10-17/h3-10H,11-12H2,1-2H3,(H,22,25). The number of benzene rings is 1. The fourth-order valence-electron chi connectivity index (χ4n) is 2.51. The van der Waals surface area contributed by atoms with Gasteiger partial charge in [-0.15, -0.1) is 0 Å². The van der Waals surface area contributed by atoms with E-state index in [1.54, 1.807) is 35.1 Å². The Morgan fingerprint density at radius 1 is 1.23 bits per heavy atom. The molecule has 3 aromatic rings. The third kappa shape index (κ3) is 4.44. The molecule has 0 bridgehead atoms. The van der Waals surface area contributed by atoms with Crippen molar-refractivity contribution in [3.05, 3.63) is 71.4 Å². The quantitative estimate of drug-likeness (QED) is 0.738. The molecular weight excluding hydrogens is 335 g/mol. The zero-order valence-electron chi connectivity index (χ0n) is 14.6. The van der Waals surface area contributed by atoms with Crippen LogP contribution < -0.4 is 10.1 Å². The average Bonchev–Trinajstić information content (AvgIpc) is 2.91. The second-order valence-corrected chi connectivity index (χ2v) is 5.89. The molecule has 2 aromatic heterocycles. The van der Waals surface area contributed by atoms with E-state index in [9.17, 15) is 9.18 Å². The highest BCUT2D eigenvalue weighted by molar-refractivity contribution is 5.75. The van der Waals surface area contributed by atoms with Crippen LogP contribution in [0.3, 0.4) is 0 Å². The average molecular weight is 354 g/mol. The molecule has 6 nitrogen and oxygen atoms in total. The summed E-state index contributed by atoms with van der Waals surface area (Å²) in [6.45, 7) is 4.17. The Bertz CT molecular complexity index is 923. The van der Waals surface area contributed by atoms with E-state index in [1.165, 1.54) is 12.1 Å². The maximum Gasteiger partial charge on any atom is 0.242 e. The molecule has 0 spiro atoms. The Morgan fingerprint density at radius 2 is 2.08 bits per heavy atom. The summed E-state index contributed by atoms with van der Waals surface area (Å²) in [6, 6.07) is 11.3. The van der Waals surface area contributed by atoms with Gasteiger partial charge in [0.1, 0.15) is 18.1 Å². The molecule has 0 unspecified atom stereocenters. The number of hydrogen-bond donors (Lipinski definition) is 1. The number of ether oxygens (including phenoxy) is 1. The van der Waals surface area contributed by atoms with Crippen molar-refractivity contribution in [2.75, 3.05) is 0 Å². The Morgan fingerprint density at radius 3 is 2.81 bits per heavy atom. The summed E-state index contributed by atoms with van der Waals surface area (Å²) in [5, 5.41) is 7.10. The molecule has 0 fully saturated rings. The van der Waals surface area contributed by atoms with E-state index in [1.807, 2.05) is 19.9 Å². The molecule has 1 N–H and O–H groups in total. The zero-order valence-corrected chi connectivity index (χ0v) is 14.6. The number of aromatic nitrogens is 3. The summed E-state index contributed by atoms with van der Waals surface area (Å²) in [7, 11) is 0. The first-order chi connectivity index (χ1) is 12.5. The Balaban J connectivity index is 1.64. The molecule has 0 aliphatic rings. The fourth-order valence-corrected chi connectivity index (χ4v) is 2.51. The lowest BCUT2D eigenvalue weighted by Crippen LogP contribution is -2.28. The van der Waals surface area contributed by atoms with Crippen LogP contribution in [0, 0.1) is 19.7 Å². The number of carbonyl (C=O) groups is 1. The number of nitrogens with one attached hydrogen (secondary N) is 1. The SMILES string of the molecule is Cc1cc(C)n(CC(=O)NCc2cccnc2Oc2cccc(F)c2)n1. The molecule has 0 atom stereocenters. The van der Waals surface area contributed by atoms with Crippen LogP contribution in [-0.2, 0) is 17.9 Å². The summed E-state index contributed by atoms with van der Waals surface area (Å²) in [5.74, 6) is 0.110. The summed E-state index contributed by atoms with van der Waals surface area (Å²) in [4.78, 5) is 16.3. The zero-order chi connectivity index (χ0) is 18.5. The van der Waals surface area contributed by atoms with E-state index in [0.29, 0.717) is 17.2 Å². The first-order valence-electron chi connectivity index (χ1n) is 8.16. The normalized spacial score (nSPS) is 10.6. The highest BCUT2D eigenvalue weighted by Gasteiger charge is 2.10. The summed E-state index contributed by atoms with van der Waals surface area (Å²) < 4.78 is 20.6. The van der Waals surface area contributed by atoms with Crippen LogP contribution in [0.2, 0.25) is 0 Å². The number of nitrogens with zero attached hydrogens (tertiary/aromatic N) is 3. The second kappa shape index (κ2) is 7.77. The Kier molecular flexibility index (Phi) is 5.26. The van der Waals surface area contributed by atoms with Crippen molar-refractivity contribution < 1.29 is 13.9 Å². The van der Waals surface area contributed by atoms with Gasteiger partial charge in [-0.2, -0.15) is 5.10 Å². The molecular formula is C19H19FN4O2. The van der Waals surface area contributed by atoms with Crippen LogP contribution >= 0.6 is 0 Å². The molecule has 1 amide bonds. The van der Waals surface area contributed by atoms with Crippen LogP contribution in [0.1, 0.15) is 17.0 Å². The lowest BCUT2D eigenvalue weighted by atomic mass is 10.2. The van der Waals surface area contributed by atoms with Gasteiger partial charge in [-0.05, 0) is 38.1 Å². The van der Waals surface area contributed by atoms with Gasteiger partial charge in [0.2, 0.25) is 11.8 Å². The molecule has 0 aliphatic carbocycles. The topological polar surface area (TPSA) is 69.0 Å². The Hall–Kier alpha value is -3.22. The first-order valence-corrected chi connectivity index (χ1v) is 8.16. The fraction of sp³-hybridized carbons (Fsp3) is 0.211. The van der Waals surface area contributed by atoms with Crippen molar-refractivity contribution in [1.29, 1.82) is 0 Å². The minimum Gasteiger partial charge on any atom is -0.439 e. The van der Waals surface area contributed by atoms with Gasteiger partial charge in [-0.25, -0.2) is 9.37 Å². The van der Waals surface area contributed by atoms with Crippen molar-refractivity contribution in [2.24, 2.45) is 0 Å². The van der Waals surface area contributed by atoms with E-state index in [2.05, 4.69) is 15.4 Å². The number of carbonyl (C=O) groups excluding carboxylic acids is 1. The molecule has 3 rings (SSSR count). The molecule has 7 heteroatoms. The molecule has 134 valence electrons. The number of aryl methyl sites for hydroxylation is 2. The minimum atomic E-state index is -0.391. The second-order valence-electron chi connectivity index (χ2n) is 5.89. The van der Waals surface area contributed by atoms with Crippen molar-refractivity contribution >= 4 is 5.91 Å². The monoisotopic (exact) mass is 354 g/mol. The predicted molar refractivity (Wildman–Crippen MR) is 94.3 cm³/mol. The van der Waals surface area contributed by atoms with Crippen molar-refractivity contribution in [3.63, 3.8) is 0 Å². The lowest BCUT2D eigenvalue weighted by molar-refractivity contribution is -0.122. The summed E-state index contributed by atoms with van der Waals surface area (Å²) in [5.41, 5.74) is 2.49. The smallest absolute Gasteiger partial charge is 0.242 e. The number of pyridine rings is 1. The van der Waals surface area contributed by atoms with E-state index >= 15 is 0 Å². The minimum absolute atomic E-state index is 0.139. The van der Waals surface area contributed by atoms with Crippen LogP contribution in [0.4, 0.5) is 4.39 Å². The van der Waals surface area contributed by atoms with E-state index < -0.39 is 5.82 Å². The third-order valence-corrected chi connectivity index (χ3v) is 3.73. The largest absolute Gasteiger partial charge is 0.439 e. The molecule has 0 saturated heterocycles. The highest BCUT2D eigenvalue weighted by Crippen LogP contribution is 2.23. The van der Waals surface area contributed by atoms with E-state index in [0.717, 1.165) is 11.4 Å². The van der Waals surface area contributed by atoms with Crippen molar-refractivity contribution in [3.8, 4) is 11.6 Å². The summed E-state index contributed by atoms with van der Waals surface area (Å²) in [6.07, 6.45) is 1.58.